The van der Waals surface area contributed by atoms with E-state index < -0.39 is 0 Å². The van der Waals surface area contributed by atoms with Gasteiger partial charge in [0.2, 0.25) is 0 Å². The fourth-order valence-corrected chi connectivity index (χ4v) is 1.81. The fraction of sp³-hybridized carbons (Fsp3) is 0.500. The first-order chi connectivity index (χ1) is 8.63. The summed E-state index contributed by atoms with van der Waals surface area (Å²) in [6, 6.07) is 4.57. The van der Waals surface area contributed by atoms with Gasteiger partial charge in [-0.2, -0.15) is 0 Å². The highest BCUT2D eigenvalue weighted by molar-refractivity contribution is 7.80. The molecule has 0 aliphatic rings. The number of benzene rings is 1. The van der Waals surface area contributed by atoms with Gasteiger partial charge in [0.05, 0.1) is 6.61 Å². The maximum atomic E-state index is 13.3. The number of halogens is 1. The third kappa shape index (κ3) is 5.56. The van der Waals surface area contributed by atoms with Crippen LogP contribution in [0.5, 0.6) is 0 Å². The number of thiocarbonyl (C=S) groups is 1. The summed E-state index contributed by atoms with van der Waals surface area (Å²) in [6.45, 7) is 3.28. The summed E-state index contributed by atoms with van der Waals surface area (Å²) in [5.74, 6) is -0.329. The van der Waals surface area contributed by atoms with E-state index in [2.05, 4.69) is 6.92 Å². The second-order valence-electron chi connectivity index (χ2n) is 4.33. The van der Waals surface area contributed by atoms with Crippen molar-refractivity contribution in [2.75, 3.05) is 6.61 Å². The Hall–Kier alpha value is -1.00. The molecule has 0 fully saturated rings. The molecule has 0 aliphatic heterocycles. The Morgan fingerprint density at radius 3 is 2.72 bits per heavy atom. The molecule has 18 heavy (non-hydrogen) atoms. The summed E-state index contributed by atoms with van der Waals surface area (Å²) in [4.78, 5) is 0.207. The van der Waals surface area contributed by atoms with E-state index in [0.717, 1.165) is 12.0 Å². The van der Waals surface area contributed by atoms with Crippen LogP contribution in [0.15, 0.2) is 18.2 Å². The number of rotatable bonds is 8. The monoisotopic (exact) mass is 269 g/mol. The number of unbranched alkanes of at least 4 members (excludes halogenated alkanes) is 3. The molecule has 1 aromatic carbocycles. The first-order valence-corrected chi connectivity index (χ1v) is 6.71. The smallest absolute Gasteiger partial charge is 0.124 e. The Balaban J connectivity index is 2.40. The van der Waals surface area contributed by atoms with E-state index in [4.69, 9.17) is 22.7 Å². The molecular formula is C14H20FNOS. The van der Waals surface area contributed by atoms with Crippen molar-refractivity contribution in [3.63, 3.8) is 0 Å². The van der Waals surface area contributed by atoms with Crippen molar-refractivity contribution in [1.82, 2.24) is 0 Å². The van der Waals surface area contributed by atoms with Crippen LogP contribution in [-0.2, 0) is 11.3 Å². The Bertz CT molecular complexity index is 395. The van der Waals surface area contributed by atoms with Crippen molar-refractivity contribution in [1.29, 1.82) is 0 Å². The van der Waals surface area contributed by atoms with E-state index in [0.29, 0.717) is 18.8 Å². The van der Waals surface area contributed by atoms with E-state index >= 15 is 0 Å². The third-order valence-electron chi connectivity index (χ3n) is 2.65. The molecule has 0 bridgehead atoms. The minimum Gasteiger partial charge on any atom is -0.389 e. The molecule has 0 saturated heterocycles. The van der Waals surface area contributed by atoms with Gasteiger partial charge in [0.15, 0.2) is 0 Å². The largest absolute Gasteiger partial charge is 0.389 e. The van der Waals surface area contributed by atoms with Crippen molar-refractivity contribution in [2.45, 2.75) is 39.2 Å². The van der Waals surface area contributed by atoms with Crippen LogP contribution >= 0.6 is 12.2 Å². The third-order valence-corrected chi connectivity index (χ3v) is 2.89. The first-order valence-electron chi connectivity index (χ1n) is 6.30. The molecule has 0 aliphatic carbocycles. The molecule has 0 saturated carbocycles. The zero-order valence-corrected chi connectivity index (χ0v) is 11.6. The van der Waals surface area contributed by atoms with Gasteiger partial charge in [0.1, 0.15) is 10.8 Å². The Morgan fingerprint density at radius 2 is 2.06 bits per heavy atom. The van der Waals surface area contributed by atoms with E-state index in [1.54, 1.807) is 6.07 Å². The summed E-state index contributed by atoms with van der Waals surface area (Å²) < 4.78 is 18.8. The number of hydrogen-bond donors (Lipinski definition) is 1. The van der Waals surface area contributed by atoms with Crippen LogP contribution in [0, 0.1) is 5.82 Å². The lowest BCUT2D eigenvalue weighted by molar-refractivity contribution is 0.116. The Morgan fingerprint density at radius 1 is 1.28 bits per heavy atom. The maximum absolute atomic E-state index is 13.3. The predicted molar refractivity (Wildman–Crippen MR) is 76.1 cm³/mol. The molecule has 0 amide bonds. The molecule has 100 valence electrons. The molecule has 1 aromatic rings. The molecule has 0 atom stereocenters. The average molecular weight is 269 g/mol. The van der Waals surface area contributed by atoms with E-state index in [1.165, 1.54) is 31.4 Å². The topological polar surface area (TPSA) is 35.2 Å². The van der Waals surface area contributed by atoms with Gasteiger partial charge >= 0.3 is 0 Å². The molecular weight excluding hydrogens is 249 g/mol. The Labute approximate surface area is 113 Å². The highest BCUT2D eigenvalue weighted by atomic mass is 32.1. The zero-order valence-electron chi connectivity index (χ0n) is 10.7. The minimum absolute atomic E-state index is 0.207. The van der Waals surface area contributed by atoms with Crippen LogP contribution in [0.3, 0.4) is 0 Å². The minimum atomic E-state index is -0.329. The van der Waals surface area contributed by atoms with Gasteiger partial charge in [-0.25, -0.2) is 4.39 Å². The summed E-state index contributed by atoms with van der Waals surface area (Å²) in [6.07, 6.45) is 4.67. The lowest BCUT2D eigenvalue weighted by Crippen LogP contribution is -2.10. The van der Waals surface area contributed by atoms with Crippen molar-refractivity contribution in [3.8, 4) is 0 Å². The van der Waals surface area contributed by atoms with E-state index in [9.17, 15) is 4.39 Å². The summed E-state index contributed by atoms with van der Waals surface area (Å²) in [7, 11) is 0. The molecule has 2 nitrogen and oxygen atoms in total. The van der Waals surface area contributed by atoms with Crippen molar-refractivity contribution in [3.05, 3.63) is 35.1 Å². The van der Waals surface area contributed by atoms with E-state index in [-0.39, 0.29) is 10.8 Å². The molecule has 0 aromatic heterocycles. The summed E-state index contributed by atoms with van der Waals surface area (Å²) >= 11 is 4.83. The fourth-order valence-electron chi connectivity index (χ4n) is 1.70. The zero-order chi connectivity index (χ0) is 13.4. The van der Waals surface area contributed by atoms with Crippen LogP contribution < -0.4 is 5.73 Å². The van der Waals surface area contributed by atoms with Gasteiger partial charge in [-0.3, -0.25) is 0 Å². The SMILES string of the molecule is CCCCCCOCc1cc(F)cc(C(N)=S)c1. The second-order valence-corrected chi connectivity index (χ2v) is 4.77. The quantitative estimate of drug-likeness (QED) is 0.579. The van der Waals surface area contributed by atoms with Gasteiger partial charge < -0.3 is 10.5 Å². The van der Waals surface area contributed by atoms with E-state index in [1.807, 2.05) is 0 Å². The predicted octanol–water partition coefficient (Wildman–Crippen LogP) is 3.56. The second kappa shape index (κ2) is 8.16. The Kier molecular flexibility index (Phi) is 6.83. The lowest BCUT2D eigenvalue weighted by Gasteiger charge is -2.06. The van der Waals surface area contributed by atoms with Crippen LogP contribution in [0.25, 0.3) is 0 Å². The molecule has 2 N–H and O–H groups in total. The molecule has 0 radical (unpaired) electrons. The lowest BCUT2D eigenvalue weighted by atomic mass is 10.1. The van der Waals surface area contributed by atoms with Crippen molar-refractivity contribution < 1.29 is 9.13 Å². The summed E-state index contributed by atoms with van der Waals surface area (Å²) in [5.41, 5.74) is 6.81. The van der Waals surface area contributed by atoms with Gasteiger partial charge in [-0.1, -0.05) is 38.4 Å². The normalized spacial score (nSPS) is 10.6. The summed E-state index contributed by atoms with van der Waals surface area (Å²) in [5, 5.41) is 0. The van der Waals surface area contributed by atoms with Crippen molar-refractivity contribution >= 4 is 17.2 Å². The van der Waals surface area contributed by atoms with Gasteiger partial charge in [0, 0.05) is 12.2 Å². The first kappa shape index (κ1) is 15.1. The van der Waals surface area contributed by atoms with Gasteiger partial charge in [-0.15, -0.1) is 0 Å². The molecule has 0 unspecified atom stereocenters. The van der Waals surface area contributed by atoms with Crippen LogP contribution in [0.1, 0.15) is 43.7 Å². The van der Waals surface area contributed by atoms with Gasteiger partial charge in [0.25, 0.3) is 0 Å². The number of hydrogen-bond acceptors (Lipinski definition) is 2. The number of ether oxygens (including phenoxy) is 1. The molecule has 0 heterocycles. The standard InChI is InChI=1S/C14H20FNOS/c1-2-3-4-5-6-17-10-11-7-12(14(16)18)9-13(15)8-11/h7-9H,2-6,10H2,1H3,(H2,16,18). The van der Waals surface area contributed by atoms with Crippen LogP contribution in [-0.4, -0.2) is 11.6 Å². The average Bonchev–Trinajstić information content (AvgIpc) is 2.33. The highest BCUT2D eigenvalue weighted by Gasteiger charge is 2.03. The van der Waals surface area contributed by atoms with Crippen LogP contribution in [0.4, 0.5) is 4.39 Å². The molecule has 4 heteroatoms. The van der Waals surface area contributed by atoms with Crippen LogP contribution in [0.2, 0.25) is 0 Å². The number of nitrogens with two attached hydrogens (primary N) is 1. The van der Waals surface area contributed by atoms with Crippen molar-refractivity contribution in [2.24, 2.45) is 5.73 Å². The highest BCUT2D eigenvalue weighted by Crippen LogP contribution is 2.11. The maximum Gasteiger partial charge on any atom is 0.124 e. The molecule has 1 rings (SSSR count). The molecule has 0 spiro atoms. The van der Waals surface area contributed by atoms with Gasteiger partial charge in [-0.05, 0) is 30.2 Å².